The van der Waals surface area contributed by atoms with Gasteiger partial charge in [-0.15, -0.1) is 0 Å². The van der Waals surface area contributed by atoms with Crippen LogP contribution in [0.3, 0.4) is 0 Å². The van der Waals surface area contributed by atoms with Crippen LogP contribution in [0.15, 0.2) is 53.1 Å². The molecular weight excluding hydrogens is 310 g/mol. The Balaban J connectivity index is 2.05. The van der Waals surface area contributed by atoms with Crippen molar-refractivity contribution in [2.75, 3.05) is 14.2 Å². The number of carboxylic acid groups (broad SMARTS) is 1. The highest BCUT2D eigenvalue weighted by Crippen LogP contribution is 2.35. The van der Waals surface area contributed by atoms with Gasteiger partial charge in [0.05, 0.1) is 37.1 Å². The predicted octanol–water partition coefficient (Wildman–Crippen LogP) is 3.72. The summed E-state index contributed by atoms with van der Waals surface area (Å²) in [6.07, 6.45) is 1.54. The molecular formula is C18H15NO5. The largest absolute Gasteiger partial charge is 0.497 e. The Bertz CT molecular complexity index is 885. The Morgan fingerprint density at radius 2 is 1.88 bits per heavy atom. The third-order valence-corrected chi connectivity index (χ3v) is 3.57. The SMILES string of the molecule is COc1ccc(-c2cnc(-c3ccccc3C(=O)O)o2)c(OC)c1. The van der Waals surface area contributed by atoms with Gasteiger partial charge >= 0.3 is 5.97 Å². The lowest BCUT2D eigenvalue weighted by molar-refractivity contribution is 0.0697. The smallest absolute Gasteiger partial charge is 0.336 e. The van der Waals surface area contributed by atoms with Crippen LogP contribution in [0.2, 0.25) is 0 Å². The van der Waals surface area contributed by atoms with Gasteiger partial charge in [-0.2, -0.15) is 0 Å². The zero-order valence-corrected chi connectivity index (χ0v) is 13.1. The van der Waals surface area contributed by atoms with E-state index in [-0.39, 0.29) is 11.5 Å². The monoisotopic (exact) mass is 325 g/mol. The maximum Gasteiger partial charge on any atom is 0.336 e. The lowest BCUT2D eigenvalue weighted by atomic mass is 10.1. The van der Waals surface area contributed by atoms with E-state index in [0.29, 0.717) is 28.4 Å². The van der Waals surface area contributed by atoms with Crippen LogP contribution in [0.25, 0.3) is 22.8 Å². The number of aromatic carboxylic acids is 1. The van der Waals surface area contributed by atoms with Crippen molar-refractivity contribution in [1.82, 2.24) is 4.98 Å². The number of benzene rings is 2. The molecule has 0 aliphatic heterocycles. The van der Waals surface area contributed by atoms with Gasteiger partial charge in [0.1, 0.15) is 11.5 Å². The number of carboxylic acids is 1. The summed E-state index contributed by atoms with van der Waals surface area (Å²) >= 11 is 0. The molecule has 0 amide bonds. The fourth-order valence-electron chi connectivity index (χ4n) is 2.38. The average Bonchev–Trinajstić information content (AvgIpc) is 3.10. The molecule has 0 bridgehead atoms. The van der Waals surface area contributed by atoms with E-state index in [0.717, 1.165) is 0 Å². The van der Waals surface area contributed by atoms with E-state index in [1.54, 1.807) is 50.6 Å². The van der Waals surface area contributed by atoms with Crippen LogP contribution >= 0.6 is 0 Å². The first-order valence-electron chi connectivity index (χ1n) is 7.15. The maximum absolute atomic E-state index is 11.3. The van der Waals surface area contributed by atoms with Gasteiger partial charge in [-0.05, 0) is 24.3 Å². The molecule has 1 heterocycles. The quantitative estimate of drug-likeness (QED) is 0.770. The lowest BCUT2D eigenvalue weighted by Crippen LogP contribution is -1.98. The molecule has 0 saturated heterocycles. The first-order chi connectivity index (χ1) is 11.6. The Labute approximate surface area is 138 Å². The zero-order chi connectivity index (χ0) is 17.1. The summed E-state index contributed by atoms with van der Waals surface area (Å²) < 4.78 is 16.3. The fraction of sp³-hybridized carbons (Fsp3) is 0.111. The van der Waals surface area contributed by atoms with Gasteiger partial charge in [0, 0.05) is 6.07 Å². The minimum Gasteiger partial charge on any atom is -0.497 e. The molecule has 1 aromatic heterocycles. The van der Waals surface area contributed by atoms with E-state index in [1.165, 1.54) is 12.3 Å². The van der Waals surface area contributed by atoms with Crippen molar-refractivity contribution in [2.45, 2.75) is 0 Å². The molecule has 2 aromatic carbocycles. The summed E-state index contributed by atoms with van der Waals surface area (Å²) in [6, 6.07) is 11.9. The van der Waals surface area contributed by atoms with Gasteiger partial charge in [0.25, 0.3) is 0 Å². The van der Waals surface area contributed by atoms with Gasteiger partial charge in [-0.3, -0.25) is 0 Å². The molecule has 0 aliphatic rings. The average molecular weight is 325 g/mol. The van der Waals surface area contributed by atoms with Crippen LogP contribution in [0.4, 0.5) is 0 Å². The molecule has 0 saturated carbocycles. The van der Waals surface area contributed by atoms with Crippen molar-refractivity contribution in [3.05, 3.63) is 54.2 Å². The molecule has 0 aliphatic carbocycles. The number of aromatic nitrogens is 1. The van der Waals surface area contributed by atoms with E-state index in [4.69, 9.17) is 13.9 Å². The standard InChI is InChI=1S/C18H15NO5/c1-22-11-7-8-14(15(9-11)23-2)16-10-19-17(24-16)12-5-3-4-6-13(12)18(20)21/h3-10H,1-2H3,(H,20,21). The number of methoxy groups -OCH3 is 2. The summed E-state index contributed by atoms with van der Waals surface area (Å²) in [5.41, 5.74) is 1.25. The van der Waals surface area contributed by atoms with Crippen molar-refractivity contribution in [3.8, 4) is 34.3 Å². The molecule has 6 nitrogen and oxygen atoms in total. The van der Waals surface area contributed by atoms with Crippen LogP contribution in [0.1, 0.15) is 10.4 Å². The predicted molar refractivity (Wildman–Crippen MR) is 87.4 cm³/mol. The number of ether oxygens (including phenoxy) is 2. The zero-order valence-electron chi connectivity index (χ0n) is 13.1. The highest BCUT2D eigenvalue weighted by Gasteiger charge is 2.17. The first-order valence-corrected chi connectivity index (χ1v) is 7.15. The van der Waals surface area contributed by atoms with Crippen LogP contribution in [0.5, 0.6) is 11.5 Å². The molecule has 0 radical (unpaired) electrons. The Morgan fingerprint density at radius 3 is 2.58 bits per heavy atom. The fourth-order valence-corrected chi connectivity index (χ4v) is 2.38. The number of nitrogens with zero attached hydrogens (tertiary/aromatic N) is 1. The van der Waals surface area contributed by atoms with Crippen molar-refractivity contribution >= 4 is 5.97 Å². The summed E-state index contributed by atoms with van der Waals surface area (Å²) in [5.74, 6) is 0.910. The van der Waals surface area contributed by atoms with E-state index >= 15 is 0 Å². The lowest BCUT2D eigenvalue weighted by Gasteiger charge is -2.08. The van der Waals surface area contributed by atoms with Crippen molar-refractivity contribution in [3.63, 3.8) is 0 Å². The minimum atomic E-state index is -1.03. The molecule has 3 rings (SSSR count). The molecule has 1 N–H and O–H groups in total. The topological polar surface area (TPSA) is 81.8 Å². The first kappa shape index (κ1) is 15.6. The van der Waals surface area contributed by atoms with E-state index in [1.807, 2.05) is 0 Å². The van der Waals surface area contributed by atoms with Gasteiger partial charge < -0.3 is 19.0 Å². The summed E-state index contributed by atoms with van der Waals surface area (Å²) in [5, 5.41) is 9.29. The second-order valence-corrected chi connectivity index (χ2v) is 4.95. The molecule has 0 fully saturated rings. The van der Waals surface area contributed by atoms with Gasteiger partial charge in [0.15, 0.2) is 5.76 Å². The Morgan fingerprint density at radius 1 is 1.08 bits per heavy atom. The number of rotatable bonds is 5. The highest BCUT2D eigenvalue weighted by molar-refractivity contribution is 5.94. The molecule has 122 valence electrons. The Kier molecular flexibility index (Phi) is 4.20. The van der Waals surface area contributed by atoms with E-state index in [2.05, 4.69) is 4.98 Å². The second-order valence-electron chi connectivity index (χ2n) is 4.95. The highest BCUT2D eigenvalue weighted by atomic mass is 16.5. The molecule has 0 atom stereocenters. The van der Waals surface area contributed by atoms with Crippen LogP contribution in [-0.2, 0) is 0 Å². The third-order valence-electron chi connectivity index (χ3n) is 3.57. The minimum absolute atomic E-state index is 0.132. The van der Waals surface area contributed by atoms with Crippen LogP contribution < -0.4 is 9.47 Å². The van der Waals surface area contributed by atoms with Crippen LogP contribution in [-0.4, -0.2) is 30.3 Å². The molecule has 24 heavy (non-hydrogen) atoms. The summed E-state index contributed by atoms with van der Waals surface area (Å²) in [6.45, 7) is 0. The maximum atomic E-state index is 11.3. The van der Waals surface area contributed by atoms with Crippen molar-refractivity contribution in [2.24, 2.45) is 0 Å². The van der Waals surface area contributed by atoms with Gasteiger partial charge in [-0.25, -0.2) is 9.78 Å². The van der Waals surface area contributed by atoms with Crippen molar-refractivity contribution in [1.29, 1.82) is 0 Å². The summed E-state index contributed by atoms with van der Waals surface area (Å²) in [4.78, 5) is 15.5. The number of carbonyl (C=O) groups is 1. The third kappa shape index (κ3) is 2.81. The Hall–Kier alpha value is -3.28. The number of oxazole rings is 1. The molecule has 0 unspecified atom stereocenters. The second kappa shape index (κ2) is 6.45. The number of hydrogen-bond acceptors (Lipinski definition) is 5. The van der Waals surface area contributed by atoms with E-state index < -0.39 is 5.97 Å². The van der Waals surface area contributed by atoms with E-state index in [9.17, 15) is 9.90 Å². The molecule has 3 aromatic rings. The van der Waals surface area contributed by atoms with Gasteiger partial charge in [0.2, 0.25) is 5.89 Å². The van der Waals surface area contributed by atoms with Crippen LogP contribution in [0, 0.1) is 0 Å². The molecule has 6 heteroatoms. The summed E-state index contributed by atoms with van der Waals surface area (Å²) in [7, 11) is 3.12. The van der Waals surface area contributed by atoms with Crippen molar-refractivity contribution < 1.29 is 23.8 Å². The normalized spacial score (nSPS) is 10.4. The van der Waals surface area contributed by atoms with Gasteiger partial charge in [-0.1, -0.05) is 12.1 Å². The number of hydrogen-bond donors (Lipinski definition) is 1. The molecule has 0 spiro atoms.